The van der Waals surface area contributed by atoms with Gasteiger partial charge in [0.25, 0.3) is 0 Å². The van der Waals surface area contributed by atoms with E-state index in [4.69, 9.17) is 22.1 Å². The summed E-state index contributed by atoms with van der Waals surface area (Å²) < 4.78 is 5.63. The molecule has 1 fully saturated rings. The topological polar surface area (TPSA) is 51.4 Å². The lowest BCUT2D eigenvalue weighted by molar-refractivity contribution is -0.0403. The Kier molecular flexibility index (Phi) is 4.34. The maximum atomic E-state index is 5.87. The van der Waals surface area contributed by atoms with Gasteiger partial charge in [-0.3, -0.25) is 4.90 Å². The van der Waals surface area contributed by atoms with Gasteiger partial charge in [-0.1, -0.05) is 11.6 Å². The Labute approximate surface area is 107 Å². The third kappa shape index (κ3) is 3.64. The van der Waals surface area contributed by atoms with Crippen molar-refractivity contribution in [3.05, 3.63) is 29.0 Å². The van der Waals surface area contributed by atoms with Crippen molar-refractivity contribution in [1.29, 1.82) is 0 Å². The number of nitrogens with two attached hydrogens (primary N) is 1. The Balaban J connectivity index is 1.94. The molecule has 1 aliphatic heterocycles. The van der Waals surface area contributed by atoms with Crippen molar-refractivity contribution in [2.24, 2.45) is 5.73 Å². The molecule has 0 radical (unpaired) electrons. The van der Waals surface area contributed by atoms with Crippen LogP contribution in [0.3, 0.4) is 0 Å². The number of aromatic nitrogens is 1. The van der Waals surface area contributed by atoms with E-state index >= 15 is 0 Å². The fourth-order valence-electron chi connectivity index (χ4n) is 1.99. The van der Waals surface area contributed by atoms with Crippen LogP contribution in [0.15, 0.2) is 18.3 Å². The molecule has 2 heterocycles. The van der Waals surface area contributed by atoms with Gasteiger partial charge in [0, 0.05) is 31.9 Å². The third-order valence-corrected chi connectivity index (χ3v) is 3.17. The number of halogens is 1. The fourth-order valence-corrected chi connectivity index (χ4v) is 2.19. The summed E-state index contributed by atoms with van der Waals surface area (Å²) >= 11 is 5.87. The van der Waals surface area contributed by atoms with Gasteiger partial charge in [0.05, 0.1) is 12.7 Å². The zero-order valence-corrected chi connectivity index (χ0v) is 10.7. The second-order valence-electron chi connectivity index (χ2n) is 4.49. The average Bonchev–Trinajstić information content (AvgIpc) is 2.29. The summed E-state index contributed by atoms with van der Waals surface area (Å²) in [6, 6.07) is 3.96. The standard InChI is InChI=1S/C12H18ClN3O/c1-9(14)11-8-16(4-5-17-11)7-10-2-3-15-12(13)6-10/h2-3,6,9,11H,4-5,7-8,14H2,1H3. The lowest BCUT2D eigenvalue weighted by Crippen LogP contribution is -2.49. The first kappa shape index (κ1) is 12.8. The molecule has 0 saturated carbocycles. The highest BCUT2D eigenvalue weighted by Crippen LogP contribution is 2.13. The minimum absolute atomic E-state index is 0.0684. The van der Waals surface area contributed by atoms with Crippen molar-refractivity contribution in [2.45, 2.75) is 25.6 Å². The van der Waals surface area contributed by atoms with Gasteiger partial charge in [0.15, 0.2) is 0 Å². The first-order chi connectivity index (χ1) is 8.15. The number of nitrogens with zero attached hydrogens (tertiary/aromatic N) is 2. The van der Waals surface area contributed by atoms with Gasteiger partial charge in [-0.05, 0) is 24.6 Å². The number of pyridine rings is 1. The van der Waals surface area contributed by atoms with Gasteiger partial charge in [0.1, 0.15) is 5.15 Å². The van der Waals surface area contributed by atoms with E-state index in [-0.39, 0.29) is 12.1 Å². The van der Waals surface area contributed by atoms with Crippen LogP contribution in [-0.4, -0.2) is 41.7 Å². The molecule has 2 unspecified atom stereocenters. The second-order valence-corrected chi connectivity index (χ2v) is 4.88. The van der Waals surface area contributed by atoms with E-state index in [9.17, 15) is 0 Å². The lowest BCUT2D eigenvalue weighted by Gasteiger charge is -2.34. The zero-order valence-electron chi connectivity index (χ0n) is 9.97. The van der Waals surface area contributed by atoms with Crippen molar-refractivity contribution in [3.63, 3.8) is 0 Å². The molecule has 2 N–H and O–H groups in total. The zero-order chi connectivity index (χ0) is 12.3. The van der Waals surface area contributed by atoms with Crippen LogP contribution in [0.5, 0.6) is 0 Å². The molecule has 1 saturated heterocycles. The van der Waals surface area contributed by atoms with Gasteiger partial charge in [-0.15, -0.1) is 0 Å². The molecule has 4 nitrogen and oxygen atoms in total. The second kappa shape index (κ2) is 5.78. The van der Waals surface area contributed by atoms with Gasteiger partial charge in [-0.25, -0.2) is 4.98 Å². The largest absolute Gasteiger partial charge is 0.374 e. The average molecular weight is 256 g/mol. The molecule has 1 aliphatic rings. The SMILES string of the molecule is CC(N)C1CN(Cc2ccnc(Cl)c2)CCO1. The van der Waals surface area contributed by atoms with Crippen molar-refractivity contribution in [2.75, 3.05) is 19.7 Å². The third-order valence-electron chi connectivity index (χ3n) is 2.96. The minimum Gasteiger partial charge on any atom is -0.374 e. The van der Waals surface area contributed by atoms with Crippen molar-refractivity contribution in [1.82, 2.24) is 9.88 Å². The van der Waals surface area contributed by atoms with E-state index < -0.39 is 0 Å². The monoisotopic (exact) mass is 255 g/mol. The van der Waals surface area contributed by atoms with Crippen LogP contribution in [0.25, 0.3) is 0 Å². The molecule has 0 spiro atoms. The Bertz CT molecular complexity index is 373. The maximum Gasteiger partial charge on any atom is 0.129 e. The molecule has 0 amide bonds. The number of rotatable bonds is 3. The van der Waals surface area contributed by atoms with Crippen LogP contribution in [-0.2, 0) is 11.3 Å². The van der Waals surface area contributed by atoms with Gasteiger partial charge < -0.3 is 10.5 Å². The highest BCUT2D eigenvalue weighted by Gasteiger charge is 2.23. The van der Waals surface area contributed by atoms with Crippen LogP contribution in [0.2, 0.25) is 5.15 Å². The number of ether oxygens (including phenoxy) is 1. The molecular formula is C12H18ClN3O. The van der Waals surface area contributed by atoms with Crippen LogP contribution in [0.4, 0.5) is 0 Å². The lowest BCUT2D eigenvalue weighted by atomic mass is 10.1. The van der Waals surface area contributed by atoms with Crippen LogP contribution < -0.4 is 5.73 Å². The Hall–Kier alpha value is -0.680. The van der Waals surface area contributed by atoms with Crippen molar-refractivity contribution < 1.29 is 4.74 Å². The van der Waals surface area contributed by atoms with Crippen LogP contribution in [0.1, 0.15) is 12.5 Å². The summed E-state index contributed by atoms with van der Waals surface area (Å²) in [7, 11) is 0. The van der Waals surface area contributed by atoms with E-state index in [0.29, 0.717) is 5.15 Å². The molecule has 2 rings (SSSR count). The predicted molar refractivity (Wildman–Crippen MR) is 67.9 cm³/mol. The first-order valence-electron chi connectivity index (χ1n) is 5.85. The first-order valence-corrected chi connectivity index (χ1v) is 6.23. The molecule has 94 valence electrons. The number of hydrogen-bond acceptors (Lipinski definition) is 4. The summed E-state index contributed by atoms with van der Waals surface area (Å²) in [5, 5.41) is 0.541. The van der Waals surface area contributed by atoms with E-state index in [1.54, 1.807) is 6.20 Å². The van der Waals surface area contributed by atoms with Gasteiger partial charge in [-0.2, -0.15) is 0 Å². The molecular weight excluding hydrogens is 238 g/mol. The Morgan fingerprint density at radius 3 is 3.24 bits per heavy atom. The molecule has 1 aromatic heterocycles. The van der Waals surface area contributed by atoms with E-state index in [0.717, 1.165) is 26.2 Å². The highest BCUT2D eigenvalue weighted by atomic mass is 35.5. The molecule has 1 aromatic rings. The molecule has 0 aliphatic carbocycles. The molecule has 5 heteroatoms. The normalized spacial score (nSPS) is 23.6. The molecule has 0 bridgehead atoms. The number of morpholine rings is 1. The van der Waals surface area contributed by atoms with Gasteiger partial charge in [0.2, 0.25) is 0 Å². The highest BCUT2D eigenvalue weighted by molar-refractivity contribution is 6.29. The minimum atomic E-state index is 0.0684. The molecule has 2 atom stereocenters. The molecule has 17 heavy (non-hydrogen) atoms. The van der Waals surface area contributed by atoms with Crippen molar-refractivity contribution in [3.8, 4) is 0 Å². The van der Waals surface area contributed by atoms with E-state index in [1.807, 2.05) is 19.1 Å². The summed E-state index contributed by atoms with van der Waals surface area (Å²) in [4.78, 5) is 6.31. The van der Waals surface area contributed by atoms with Crippen molar-refractivity contribution >= 4 is 11.6 Å². The Morgan fingerprint density at radius 1 is 1.71 bits per heavy atom. The summed E-state index contributed by atoms with van der Waals surface area (Å²) in [5.74, 6) is 0. The number of hydrogen-bond donors (Lipinski definition) is 1. The maximum absolute atomic E-state index is 5.87. The summed E-state index contributed by atoms with van der Waals surface area (Å²) in [5.41, 5.74) is 7.04. The van der Waals surface area contributed by atoms with E-state index in [1.165, 1.54) is 5.56 Å². The predicted octanol–water partition coefficient (Wildman–Crippen LogP) is 1.28. The molecule has 0 aromatic carbocycles. The Morgan fingerprint density at radius 2 is 2.53 bits per heavy atom. The van der Waals surface area contributed by atoms with Crippen LogP contribution >= 0.6 is 11.6 Å². The van der Waals surface area contributed by atoms with Crippen LogP contribution in [0, 0.1) is 0 Å². The quantitative estimate of drug-likeness (QED) is 0.827. The smallest absolute Gasteiger partial charge is 0.129 e. The van der Waals surface area contributed by atoms with E-state index in [2.05, 4.69) is 9.88 Å². The fraction of sp³-hybridized carbons (Fsp3) is 0.583. The summed E-state index contributed by atoms with van der Waals surface area (Å²) in [6.07, 6.45) is 1.86. The van der Waals surface area contributed by atoms with Gasteiger partial charge >= 0.3 is 0 Å². The summed E-state index contributed by atoms with van der Waals surface area (Å²) in [6.45, 7) is 5.40.